The molecule has 0 saturated carbocycles. The van der Waals surface area contributed by atoms with E-state index in [9.17, 15) is 19.2 Å². The Morgan fingerprint density at radius 3 is 2.68 bits per heavy atom. The van der Waals surface area contributed by atoms with Gasteiger partial charge >= 0.3 is 0 Å². The van der Waals surface area contributed by atoms with Crippen LogP contribution in [0, 0.1) is 0 Å². The Balaban J connectivity index is 1.33. The minimum Gasteiger partial charge on any atom is -0.496 e. The van der Waals surface area contributed by atoms with Crippen LogP contribution in [0.15, 0.2) is 30.3 Å². The van der Waals surface area contributed by atoms with Crippen LogP contribution in [-0.2, 0) is 32.2 Å². The first-order valence-corrected chi connectivity index (χ1v) is 12.0. The van der Waals surface area contributed by atoms with Gasteiger partial charge in [-0.15, -0.1) is 0 Å². The molecule has 2 aromatic carbocycles. The summed E-state index contributed by atoms with van der Waals surface area (Å²) in [4.78, 5) is 52.1. The highest BCUT2D eigenvalue weighted by Gasteiger charge is 2.40. The molecule has 9 nitrogen and oxygen atoms in total. The normalized spacial score (nSPS) is 20.6. The van der Waals surface area contributed by atoms with Gasteiger partial charge in [0, 0.05) is 30.6 Å². The molecule has 1 N–H and O–H groups in total. The number of benzene rings is 2. The first-order chi connectivity index (χ1) is 17.7. The minimum absolute atomic E-state index is 0.0387. The summed E-state index contributed by atoms with van der Waals surface area (Å²) < 4.78 is 11.2. The van der Waals surface area contributed by atoms with Crippen LogP contribution < -0.4 is 21.0 Å². The van der Waals surface area contributed by atoms with Crippen molar-refractivity contribution in [1.82, 2.24) is 15.1 Å². The number of amides is 4. The van der Waals surface area contributed by atoms with Crippen molar-refractivity contribution in [2.24, 2.45) is 0 Å². The number of morpholine rings is 1. The van der Waals surface area contributed by atoms with E-state index in [2.05, 4.69) is 5.32 Å². The van der Waals surface area contributed by atoms with Gasteiger partial charge in [-0.1, -0.05) is 29.1 Å². The van der Waals surface area contributed by atoms with Gasteiger partial charge in [0.1, 0.15) is 41.9 Å². The zero-order valence-electron chi connectivity index (χ0n) is 20.1. The molecule has 5 rings (SSSR count). The van der Waals surface area contributed by atoms with Crippen molar-refractivity contribution in [2.45, 2.75) is 38.0 Å². The lowest BCUT2D eigenvalue weighted by atomic mass is 9.71. The Morgan fingerprint density at radius 1 is 1.11 bits per heavy atom. The number of ether oxygens (including phenoxy) is 2. The van der Waals surface area contributed by atoms with Crippen molar-refractivity contribution in [3.8, 4) is 5.75 Å². The van der Waals surface area contributed by atoms with E-state index in [1.54, 1.807) is 35.2 Å². The van der Waals surface area contributed by atoms with Crippen molar-refractivity contribution in [2.75, 3.05) is 19.8 Å². The predicted octanol–water partition coefficient (Wildman–Crippen LogP) is -1.36. The number of carbonyl (C=O) groups is 4. The van der Waals surface area contributed by atoms with Gasteiger partial charge < -0.3 is 19.3 Å². The highest BCUT2D eigenvalue weighted by Crippen LogP contribution is 2.35. The summed E-state index contributed by atoms with van der Waals surface area (Å²) in [7, 11) is 19.0. The molecule has 2 unspecified atom stereocenters. The largest absolute Gasteiger partial charge is 0.496 e. The van der Waals surface area contributed by atoms with Crippen LogP contribution in [0.3, 0.4) is 0 Å². The summed E-state index contributed by atoms with van der Waals surface area (Å²) in [5.41, 5.74) is 2.72. The van der Waals surface area contributed by atoms with Crippen molar-refractivity contribution in [3.63, 3.8) is 0 Å². The lowest BCUT2D eigenvalue weighted by molar-refractivity contribution is -0.143. The van der Waals surface area contributed by atoms with Crippen LogP contribution in [-0.4, -0.2) is 82.8 Å². The number of piperidine rings is 1. The smallest absolute Gasteiger partial charge is 0.255 e. The van der Waals surface area contributed by atoms with E-state index in [-0.39, 0.29) is 49.2 Å². The number of fused-ring (bicyclic) bond motifs is 1. The maximum atomic E-state index is 13.1. The number of rotatable bonds is 6. The van der Waals surface area contributed by atoms with Gasteiger partial charge in [0.05, 0.1) is 19.2 Å². The zero-order chi connectivity index (χ0) is 26.3. The quantitative estimate of drug-likeness (QED) is 0.394. The summed E-state index contributed by atoms with van der Waals surface area (Å²) in [5, 5.41) is 2.29. The van der Waals surface area contributed by atoms with Crippen LogP contribution in [0.25, 0.3) is 0 Å². The standard InChI is InChI=1S/C25H22B3N3O6/c26-21-13(10-30-8-9-36-12-20(30)33)4-5-15(22(21)27)23(28)37-18-3-1-2-14-16(18)11-31(25(14)35)17-6-7-19(32)29-24(17)34/h1-5,17,23H,6-12H2,(H,29,32,34). The molecule has 2 saturated heterocycles. The van der Waals surface area contributed by atoms with Crippen molar-refractivity contribution < 1.29 is 28.7 Å². The number of nitrogens with zero attached hydrogens (tertiary/aromatic N) is 2. The molecule has 0 aliphatic carbocycles. The third kappa shape index (κ3) is 4.77. The molecule has 12 heteroatoms. The van der Waals surface area contributed by atoms with Gasteiger partial charge in [-0.25, -0.2) is 0 Å². The molecule has 2 aromatic rings. The molecule has 0 bridgehead atoms. The fourth-order valence-corrected chi connectivity index (χ4v) is 4.88. The Bertz CT molecular complexity index is 1300. The fraction of sp³-hybridized carbons (Fsp3) is 0.360. The summed E-state index contributed by atoms with van der Waals surface area (Å²) in [5.74, 6) is -0.880. The molecule has 3 heterocycles. The molecule has 182 valence electrons. The summed E-state index contributed by atoms with van der Waals surface area (Å²) >= 11 is 0. The molecule has 37 heavy (non-hydrogen) atoms. The second kappa shape index (κ2) is 10.1. The predicted molar refractivity (Wildman–Crippen MR) is 135 cm³/mol. The number of hydrogen-bond donors (Lipinski definition) is 1. The van der Waals surface area contributed by atoms with Crippen LogP contribution in [0.2, 0.25) is 0 Å². The topological polar surface area (TPSA) is 105 Å². The van der Waals surface area contributed by atoms with Gasteiger partial charge in [-0.2, -0.15) is 0 Å². The van der Waals surface area contributed by atoms with Gasteiger partial charge in [0.2, 0.25) is 17.7 Å². The summed E-state index contributed by atoms with van der Waals surface area (Å²) in [6.07, 6.45) is 0.430. The third-order valence-electron chi connectivity index (χ3n) is 6.96. The number of carbonyl (C=O) groups excluding carboxylic acids is 4. The van der Waals surface area contributed by atoms with E-state index in [1.165, 1.54) is 4.90 Å². The van der Waals surface area contributed by atoms with E-state index < -0.39 is 18.0 Å². The maximum absolute atomic E-state index is 13.1. The van der Waals surface area contributed by atoms with Crippen molar-refractivity contribution >= 4 is 58.1 Å². The maximum Gasteiger partial charge on any atom is 0.255 e. The number of nitrogens with one attached hydrogen (secondary N) is 1. The summed E-state index contributed by atoms with van der Waals surface area (Å²) in [6.45, 7) is 1.42. The molecule has 2 fully saturated rings. The summed E-state index contributed by atoms with van der Waals surface area (Å²) in [6, 6.07) is 6.77. The highest BCUT2D eigenvalue weighted by molar-refractivity contribution is 6.50. The second-order valence-corrected chi connectivity index (χ2v) is 9.23. The molecule has 0 spiro atoms. The average Bonchev–Trinajstić information content (AvgIpc) is 3.20. The number of imide groups is 1. The van der Waals surface area contributed by atoms with Crippen molar-refractivity contribution in [3.05, 3.63) is 52.6 Å². The minimum atomic E-state index is -0.993. The molecular formula is C25H22B3N3O6. The van der Waals surface area contributed by atoms with Gasteiger partial charge in [0.15, 0.2) is 0 Å². The van der Waals surface area contributed by atoms with E-state index in [4.69, 9.17) is 33.0 Å². The van der Waals surface area contributed by atoms with E-state index in [0.717, 1.165) is 0 Å². The number of hydrogen-bond acceptors (Lipinski definition) is 6. The average molecular weight is 493 g/mol. The Morgan fingerprint density at radius 2 is 1.92 bits per heavy atom. The van der Waals surface area contributed by atoms with E-state index in [0.29, 0.717) is 53.2 Å². The molecule has 6 radical (unpaired) electrons. The van der Waals surface area contributed by atoms with E-state index in [1.807, 2.05) is 0 Å². The van der Waals surface area contributed by atoms with Gasteiger partial charge in [0.25, 0.3) is 5.91 Å². The first kappa shape index (κ1) is 25.1. The zero-order valence-corrected chi connectivity index (χ0v) is 20.1. The first-order valence-electron chi connectivity index (χ1n) is 12.0. The molecule has 0 aromatic heterocycles. The van der Waals surface area contributed by atoms with Gasteiger partial charge in [-0.3, -0.25) is 24.5 Å². The third-order valence-corrected chi connectivity index (χ3v) is 6.96. The molecule has 4 amide bonds. The Kier molecular flexibility index (Phi) is 6.85. The van der Waals surface area contributed by atoms with Crippen LogP contribution in [0.4, 0.5) is 0 Å². The van der Waals surface area contributed by atoms with Crippen LogP contribution in [0.5, 0.6) is 5.75 Å². The fourth-order valence-electron chi connectivity index (χ4n) is 4.88. The molecule has 3 aliphatic heterocycles. The monoisotopic (exact) mass is 493 g/mol. The lowest BCUT2D eigenvalue weighted by Gasteiger charge is -2.29. The van der Waals surface area contributed by atoms with Crippen LogP contribution in [0.1, 0.15) is 45.9 Å². The molecule has 2 atom stereocenters. The Labute approximate surface area is 218 Å². The highest BCUT2D eigenvalue weighted by atomic mass is 16.5. The van der Waals surface area contributed by atoms with E-state index >= 15 is 0 Å². The molecule has 3 aliphatic rings. The van der Waals surface area contributed by atoms with Crippen molar-refractivity contribution in [1.29, 1.82) is 0 Å². The molecular weight excluding hydrogens is 471 g/mol. The van der Waals surface area contributed by atoms with Crippen LogP contribution >= 0.6 is 0 Å². The van der Waals surface area contributed by atoms with Gasteiger partial charge in [-0.05, 0) is 29.7 Å². The SMILES string of the molecule is [B]c1c(CN2CCOCC2=O)ccc(C([B])Oc2cccc3c2CN(C2CCC(=O)NC2=O)C3=O)c1[B]. The second-order valence-electron chi connectivity index (χ2n) is 9.23. The Hall–Kier alpha value is -3.53. The lowest BCUT2D eigenvalue weighted by Crippen LogP contribution is -2.52.